The van der Waals surface area contributed by atoms with E-state index in [1.54, 1.807) is 30.7 Å². The molecule has 2 saturated carbocycles. The van der Waals surface area contributed by atoms with Gasteiger partial charge in [0.05, 0.1) is 50.2 Å². The van der Waals surface area contributed by atoms with Gasteiger partial charge in [0.2, 0.25) is 11.9 Å². The van der Waals surface area contributed by atoms with Crippen LogP contribution in [-0.4, -0.2) is 111 Å². The summed E-state index contributed by atoms with van der Waals surface area (Å²) in [7, 11) is 0. The summed E-state index contributed by atoms with van der Waals surface area (Å²) in [4.78, 5) is 41.7. The topological polar surface area (TPSA) is 198 Å². The predicted octanol–water partition coefficient (Wildman–Crippen LogP) is 1.92. The van der Waals surface area contributed by atoms with Gasteiger partial charge in [0.1, 0.15) is 17.2 Å². The van der Waals surface area contributed by atoms with Crippen molar-refractivity contribution in [2.45, 2.75) is 76.3 Å². The van der Waals surface area contributed by atoms with E-state index in [4.69, 9.17) is 19.9 Å². The summed E-state index contributed by atoms with van der Waals surface area (Å²) in [5.74, 6) is 0.348. The molecule has 5 heterocycles. The molecule has 9 atom stereocenters. The number of fused-ring (bicyclic) bond motifs is 1. The molecule has 2 aromatic rings. The first kappa shape index (κ1) is 35.5. The lowest BCUT2D eigenvalue weighted by Gasteiger charge is -2.63. The van der Waals surface area contributed by atoms with Crippen LogP contribution in [0.3, 0.4) is 0 Å². The molecular formula is C37H49N7O7. The fourth-order valence-corrected chi connectivity index (χ4v) is 9.37. The zero-order chi connectivity index (χ0) is 36.0. The summed E-state index contributed by atoms with van der Waals surface area (Å²) in [6, 6.07) is 4.28. The highest BCUT2D eigenvalue weighted by Gasteiger charge is 2.71. The number of allylic oxidation sites excluding steroid dienone is 1. The smallest absolute Gasteiger partial charge is 0.341 e. The number of carbonyl (C=O) groups is 2. The molecule has 0 aromatic carbocycles. The molecule has 0 radical (unpaired) electrons. The van der Waals surface area contributed by atoms with E-state index in [9.17, 15) is 19.8 Å². The largest absolute Gasteiger partial charge is 0.423 e. The summed E-state index contributed by atoms with van der Waals surface area (Å²) in [5.41, 5.74) is 4.91. The molecule has 0 bridgehead atoms. The van der Waals surface area contributed by atoms with Gasteiger partial charge >= 0.3 is 5.97 Å². The van der Waals surface area contributed by atoms with E-state index >= 15 is 0 Å². The number of rotatable bonds is 10. The molecule has 5 aliphatic rings. The minimum atomic E-state index is -0.786. The first-order valence-corrected chi connectivity index (χ1v) is 17.9. The molecular weight excluding hydrogens is 654 g/mol. The molecule has 3 aliphatic heterocycles. The molecule has 274 valence electrons. The maximum atomic E-state index is 13.7. The Balaban J connectivity index is 1.26. The maximum Gasteiger partial charge on any atom is 0.341 e. The second-order valence-electron chi connectivity index (χ2n) is 15.2. The Kier molecular flexibility index (Phi) is 9.65. The highest BCUT2D eigenvalue weighted by molar-refractivity contribution is 5.95. The van der Waals surface area contributed by atoms with Crippen LogP contribution in [0.25, 0.3) is 6.08 Å². The van der Waals surface area contributed by atoms with Gasteiger partial charge in [-0.15, -0.1) is 0 Å². The number of morpholine rings is 1. The first-order chi connectivity index (χ1) is 24.5. The Labute approximate surface area is 297 Å². The van der Waals surface area contributed by atoms with Gasteiger partial charge in [0.15, 0.2) is 0 Å². The number of aromatic nitrogens is 3. The Morgan fingerprint density at radius 1 is 1.20 bits per heavy atom. The van der Waals surface area contributed by atoms with Crippen molar-refractivity contribution in [3.63, 3.8) is 0 Å². The fourth-order valence-electron chi connectivity index (χ4n) is 9.37. The summed E-state index contributed by atoms with van der Waals surface area (Å²) >= 11 is 0. The average molecular weight is 704 g/mol. The number of amides is 1. The van der Waals surface area contributed by atoms with Crippen molar-refractivity contribution in [2.24, 2.45) is 22.7 Å². The first-order valence-electron chi connectivity index (χ1n) is 17.9. The van der Waals surface area contributed by atoms with Crippen LogP contribution in [0, 0.1) is 22.7 Å². The number of aliphatic hydroxyl groups excluding tert-OH is 2. The van der Waals surface area contributed by atoms with Crippen molar-refractivity contribution in [2.75, 3.05) is 50.6 Å². The molecule has 2 aromatic heterocycles. The van der Waals surface area contributed by atoms with Crippen LogP contribution in [0.2, 0.25) is 0 Å². The Hall–Kier alpha value is -3.95. The van der Waals surface area contributed by atoms with E-state index in [1.165, 1.54) is 0 Å². The van der Waals surface area contributed by atoms with Crippen LogP contribution in [0.4, 0.5) is 11.8 Å². The number of carbonyl (C=O) groups excluding carboxylic acids is 2. The molecule has 6 N–H and O–H groups in total. The van der Waals surface area contributed by atoms with Crippen molar-refractivity contribution in [1.82, 2.24) is 25.2 Å². The van der Waals surface area contributed by atoms with Crippen molar-refractivity contribution < 1.29 is 34.0 Å². The highest BCUT2D eigenvalue weighted by atomic mass is 16.6. The lowest BCUT2D eigenvalue weighted by atomic mass is 9.43. The Bertz CT molecular complexity index is 1660. The molecule has 1 amide bonds. The number of hydrogen-bond donors (Lipinski definition) is 5. The number of nitrogens with two attached hydrogens (primary N) is 1. The van der Waals surface area contributed by atoms with Crippen LogP contribution in [0.15, 0.2) is 54.2 Å². The average Bonchev–Trinajstić information content (AvgIpc) is 3.85. The van der Waals surface area contributed by atoms with Gasteiger partial charge in [-0.25, -0.2) is 19.7 Å². The summed E-state index contributed by atoms with van der Waals surface area (Å²) in [6.45, 7) is 8.52. The normalized spacial score (nSPS) is 35.2. The van der Waals surface area contributed by atoms with Gasteiger partial charge in [0.25, 0.3) is 0 Å². The minimum absolute atomic E-state index is 0.00644. The van der Waals surface area contributed by atoms with Gasteiger partial charge in [0, 0.05) is 48.7 Å². The zero-order valence-electron chi connectivity index (χ0n) is 29.5. The van der Waals surface area contributed by atoms with Gasteiger partial charge in [-0.1, -0.05) is 19.9 Å². The van der Waals surface area contributed by atoms with Crippen LogP contribution in [0.1, 0.15) is 52.0 Å². The van der Waals surface area contributed by atoms with E-state index < -0.39 is 40.6 Å². The summed E-state index contributed by atoms with van der Waals surface area (Å²) in [6.07, 6.45) is 9.86. The van der Waals surface area contributed by atoms with Gasteiger partial charge in [-0.05, 0) is 74.1 Å². The second-order valence-corrected chi connectivity index (χ2v) is 15.2. The van der Waals surface area contributed by atoms with Crippen LogP contribution in [0.5, 0.6) is 0 Å². The van der Waals surface area contributed by atoms with E-state index in [1.807, 2.05) is 36.9 Å². The number of nitrogens with one attached hydrogen (secondary N) is 2. The zero-order valence-corrected chi connectivity index (χ0v) is 29.5. The van der Waals surface area contributed by atoms with Gasteiger partial charge in [-0.3, -0.25) is 4.79 Å². The number of hydrogen-bond acceptors (Lipinski definition) is 13. The number of esters is 1. The van der Waals surface area contributed by atoms with E-state index in [-0.39, 0.29) is 36.3 Å². The van der Waals surface area contributed by atoms with Gasteiger partial charge in [-0.2, -0.15) is 0 Å². The molecule has 4 fully saturated rings. The fraction of sp³-hybridized carbons (Fsp3) is 0.595. The second kappa shape index (κ2) is 13.9. The van der Waals surface area contributed by atoms with Gasteiger partial charge < -0.3 is 45.7 Å². The third-order valence-corrected chi connectivity index (χ3v) is 12.3. The van der Waals surface area contributed by atoms with E-state index in [0.717, 1.165) is 0 Å². The molecule has 14 heteroatoms. The number of ether oxygens (including phenoxy) is 3. The number of aliphatic hydroxyl groups is 2. The molecule has 2 aliphatic carbocycles. The molecule has 2 saturated heterocycles. The molecule has 51 heavy (non-hydrogen) atoms. The Morgan fingerprint density at radius 2 is 1.94 bits per heavy atom. The monoisotopic (exact) mass is 703 g/mol. The van der Waals surface area contributed by atoms with Crippen molar-refractivity contribution in [3.05, 3.63) is 59.8 Å². The molecule has 1 spiro atoms. The molecule has 14 nitrogen and oxygen atoms in total. The quantitative estimate of drug-likeness (QED) is 0.178. The minimum Gasteiger partial charge on any atom is -0.423 e. The lowest BCUT2D eigenvalue weighted by Crippen LogP contribution is -2.68. The predicted molar refractivity (Wildman–Crippen MR) is 187 cm³/mol. The number of nitrogen functional groups attached to an aromatic ring is 1. The SMILES string of the molecule is CC(NC1CC2[C@](C)(CC[C@@H](O)[C@@]2(C)CO)C(CC(Nc2ccccn2)C2=C/C(=C\c3cnc(N)nc3)OC2=O)C12CO2)C(=O)N1CCOCC1. The molecule has 6 unspecified atom stereocenters. The van der Waals surface area contributed by atoms with Crippen LogP contribution < -0.4 is 16.4 Å². The third kappa shape index (κ3) is 6.63. The Morgan fingerprint density at radius 3 is 2.61 bits per heavy atom. The van der Waals surface area contributed by atoms with Crippen LogP contribution >= 0.6 is 0 Å². The summed E-state index contributed by atoms with van der Waals surface area (Å²) in [5, 5.41) is 29.5. The number of epoxide rings is 1. The summed E-state index contributed by atoms with van der Waals surface area (Å²) < 4.78 is 17.8. The maximum absolute atomic E-state index is 13.7. The standard InChI is InChI=1S/C37H49N7O7/c1-22(32(47)44-10-12-49-13-11-44)42-29-17-27-35(2,8-7-30(46)36(27,3)20-45)28(37(29)21-50-37)16-26(43-31-6-4-5-9-39-31)25-15-24(51-33(25)48)14-23-18-40-34(38)41-19-23/h4-6,9,14-15,18-19,22,26-30,42,45-46H,7-8,10-13,16-17,20-21H2,1-3H3,(H,39,43)(H2,38,40,41)/b24-14+/t22?,26?,27?,28?,29?,30-,35+,36+,37?/m1/s1. The third-order valence-electron chi connectivity index (χ3n) is 12.3. The number of anilines is 2. The number of cyclic esters (lactones) is 1. The molecule has 7 rings (SSSR count). The lowest BCUT2D eigenvalue weighted by molar-refractivity contribution is -0.184. The van der Waals surface area contributed by atoms with E-state index in [2.05, 4.69) is 32.5 Å². The van der Waals surface area contributed by atoms with E-state index in [0.29, 0.717) is 81.3 Å². The number of nitrogens with zero attached hydrogens (tertiary/aromatic N) is 4. The van der Waals surface area contributed by atoms with Crippen molar-refractivity contribution >= 4 is 29.7 Å². The van der Waals surface area contributed by atoms with Crippen molar-refractivity contribution in [3.8, 4) is 0 Å². The van der Waals surface area contributed by atoms with Crippen molar-refractivity contribution in [1.29, 1.82) is 0 Å². The highest BCUT2D eigenvalue weighted by Crippen LogP contribution is 2.66. The van der Waals surface area contributed by atoms with Crippen LogP contribution in [-0.2, 0) is 23.8 Å². The number of pyridine rings is 1.